The third-order valence-corrected chi connectivity index (χ3v) is 2.84. The van der Waals surface area contributed by atoms with E-state index in [1.54, 1.807) is 12.1 Å². The Morgan fingerprint density at radius 1 is 1.53 bits per heavy atom. The van der Waals surface area contributed by atoms with E-state index in [2.05, 4.69) is 10.3 Å². The summed E-state index contributed by atoms with van der Waals surface area (Å²) in [5, 5.41) is 12.4. The summed E-state index contributed by atoms with van der Waals surface area (Å²) >= 11 is 5.92. The highest BCUT2D eigenvalue weighted by Gasteiger charge is 2.27. The van der Waals surface area contributed by atoms with Crippen molar-refractivity contribution >= 4 is 23.8 Å². The van der Waals surface area contributed by atoms with Crippen molar-refractivity contribution in [3.8, 4) is 0 Å². The van der Waals surface area contributed by atoms with Crippen molar-refractivity contribution < 1.29 is 9.90 Å². The van der Waals surface area contributed by atoms with Gasteiger partial charge in [0.1, 0.15) is 0 Å². The van der Waals surface area contributed by atoms with Crippen molar-refractivity contribution in [1.29, 1.82) is 0 Å². The van der Waals surface area contributed by atoms with Crippen LogP contribution in [0.2, 0.25) is 5.02 Å². The summed E-state index contributed by atoms with van der Waals surface area (Å²) in [4.78, 5) is 15.0. The number of hydrogen-bond acceptors (Lipinski definition) is 3. The van der Waals surface area contributed by atoms with Crippen molar-refractivity contribution in [2.45, 2.75) is 12.6 Å². The second kappa shape index (κ2) is 4.22. The number of aliphatic carboxylic acids is 1. The molecule has 5 heteroatoms. The normalized spacial score (nSPS) is 22.8. The molecule has 17 heavy (non-hydrogen) atoms. The zero-order valence-electron chi connectivity index (χ0n) is 9.14. The summed E-state index contributed by atoms with van der Waals surface area (Å²) in [6.07, 6.45) is 2.79. The van der Waals surface area contributed by atoms with E-state index in [1.165, 1.54) is 12.4 Å². The molecule has 0 fully saturated rings. The van der Waals surface area contributed by atoms with Gasteiger partial charge >= 0.3 is 5.97 Å². The Morgan fingerprint density at radius 2 is 2.29 bits per heavy atom. The first-order valence-electron chi connectivity index (χ1n) is 5.04. The monoisotopic (exact) mass is 250 g/mol. The van der Waals surface area contributed by atoms with Gasteiger partial charge in [0.2, 0.25) is 0 Å². The fraction of sp³-hybridized carbons (Fsp3) is 0.167. The van der Waals surface area contributed by atoms with E-state index in [9.17, 15) is 4.79 Å². The molecule has 0 spiro atoms. The van der Waals surface area contributed by atoms with Crippen molar-refractivity contribution in [2.75, 3.05) is 0 Å². The lowest BCUT2D eigenvalue weighted by Crippen LogP contribution is -2.37. The summed E-state index contributed by atoms with van der Waals surface area (Å²) in [6, 6.07) is 7.29. The van der Waals surface area contributed by atoms with E-state index >= 15 is 0 Å². The number of nitrogens with zero attached hydrogens (tertiary/aromatic N) is 1. The Hall–Kier alpha value is -1.81. The Kier molecular flexibility index (Phi) is 2.90. The summed E-state index contributed by atoms with van der Waals surface area (Å²) < 4.78 is 0. The summed E-state index contributed by atoms with van der Waals surface area (Å²) in [5.74, 6) is -1.01. The quantitative estimate of drug-likeness (QED) is 0.846. The maximum atomic E-state index is 10.7. The molecule has 0 aliphatic carbocycles. The Morgan fingerprint density at radius 3 is 2.82 bits per heavy atom. The molecule has 2 rings (SSSR count). The van der Waals surface area contributed by atoms with Gasteiger partial charge < -0.3 is 10.4 Å². The topological polar surface area (TPSA) is 61.7 Å². The maximum absolute atomic E-state index is 10.7. The molecule has 2 N–H and O–H groups in total. The third-order valence-electron chi connectivity index (χ3n) is 2.60. The van der Waals surface area contributed by atoms with E-state index in [0.717, 1.165) is 5.56 Å². The minimum atomic E-state index is -1.01. The molecule has 0 amide bonds. The minimum Gasteiger partial charge on any atom is -0.478 e. The van der Waals surface area contributed by atoms with Crippen LogP contribution in [-0.4, -0.2) is 17.3 Å². The van der Waals surface area contributed by atoms with Crippen molar-refractivity contribution in [3.05, 3.63) is 46.6 Å². The molecule has 0 bridgehead atoms. The summed E-state index contributed by atoms with van der Waals surface area (Å²) in [5.41, 5.74) is 0.329. The average molecular weight is 251 g/mol. The van der Waals surface area contributed by atoms with E-state index in [4.69, 9.17) is 16.7 Å². The van der Waals surface area contributed by atoms with Gasteiger partial charge in [0.15, 0.2) is 5.66 Å². The van der Waals surface area contributed by atoms with Crippen LogP contribution in [0.3, 0.4) is 0 Å². The second-order valence-electron chi connectivity index (χ2n) is 3.89. The third kappa shape index (κ3) is 2.31. The highest BCUT2D eigenvalue weighted by molar-refractivity contribution is 6.30. The number of halogens is 1. The first-order chi connectivity index (χ1) is 8.01. The highest BCUT2D eigenvalue weighted by atomic mass is 35.5. The molecule has 1 aliphatic rings. The lowest BCUT2D eigenvalue weighted by Gasteiger charge is -2.29. The molecule has 1 aromatic carbocycles. The van der Waals surface area contributed by atoms with Crippen LogP contribution in [0.15, 0.2) is 41.0 Å². The predicted octanol–water partition coefficient (Wildman–Crippen LogP) is 2.16. The average Bonchev–Trinajstić information content (AvgIpc) is 2.29. The van der Waals surface area contributed by atoms with Crippen LogP contribution < -0.4 is 5.32 Å². The molecule has 1 atom stereocenters. The van der Waals surface area contributed by atoms with Crippen molar-refractivity contribution in [3.63, 3.8) is 0 Å². The fourth-order valence-corrected chi connectivity index (χ4v) is 1.75. The van der Waals surface area contributed by atoms with Gasteiger partial charge in [-0.2, -0.15) is 0 Å². The smallest absolute Gasteiger partial charge is 0.338 e. The van der Waals surface area contributed by atoms with Gasteiger partial charge in [-0.25, -0.2) is 4.79 Å². The van der Waals surface area contributed by atoms with Gasteiger partial charge in [-0.1, -0.05) is 23.7 Å². The number of carboxylic acid groups (broad SMARTS) is 1. The number of benzene rings is 1. The van der Waals surface area contributed by atoms with Gasteiger partial charge in [-0.05, 0) is 19.1 Å². The van der Waals surface area contributed by atoms with E-state index in [0.29, 0.717) is 5.02 Å². The standard InChI is InChI=1S/C12H11ClN2O2/c1-12(9-3-2-4-10(13)5-9)14-6-8(7-15-12)11(16)17/h2-7,14H,1H3,(H,16,17). The van der Waals surface area contributed by atoms with Crippen molar-refractivity contribution in [1.82, 2.24) is 5.32 Å². The molecular formula is C12H11ClN2O2. The maximum Gasteiger partial charge on any atom is 0.338 e. The molecule has 1 unspecified atom stereocenters. The SMILES string of the molecule is CC1(c2cccc(Cl)c2)N=CC(C(=O)O)=CN1. The Labute approximate surface area is 104 Å². The zero-order valence-corrected chi connectivity index (χ0v) is 9.90. The van der Waals surface area contributed by atoms with E-state index in [1.807, 2.05) is 19.1 Å². The van der Waals surface area contributed by atoms with Crippen LogP contribution in [0.25, 0.3) is 0 Å². The molecule has 1 heterocycles. The van der Waals surface area contributed by atoms with Gasteiger partial charge in [-0.15, -0.1) is 0 Å². The number of carbonyl (C=O) groups is 1. The largest absolute Gasteiger partial charge is 0.478 e. The lowest BCUT2D eigenvalue weighted by molar-refractivity contribution is -0.132. The van der Waals surface area contributed by atoms with Crippen LogP contribution in [-0.2, 0) is 10.5 Å². The van der Waals surface area contributed by atoms with Crippen LogP contribution in [0.4, 0.5) is 0 Å². The van der Waals surface area contributed by atoms with Crippen LogP contribution >= 0.6 is 11.6 Å². The van der Waals surface area contributed by atoms with Gasteiger partial charge in [0.05, 0.1) is 5.57 Å². The Balaban J connectivity index is 2.30. The van der Waals surface area contributed by atoms with Gasteiger partial charge in [-0.3, -0.25) is 4.99 Å². The van der Waals surface area contributed by atoms with Gasteiger partial charge in [0.25, 0.3) is 0 Å². The molecule has 1 aliphatic heterocycles. The Bertz CT molecular complexity index is 525. The lowest BCUT2D eigenvalue weighted by atomic mass is 10.0. The zero-order chi connectivity index (χ0) is 12.5. The number of rotatable bonds is 2. The van der Waals surface area contributed by atoms with Gasteiger partial charge in [0, 0.05) is 23.0 Å². The molecule has 1 aromatic rings. The second-order valence-corrected chi connectivity index (χ2v) is 4.33. The molecule has 88 valence electrons. The van der Waals surface area contributed by atoms with Crippen LogP contribution in [0.1, 0.15) is 12.5 Å². The summed E-state index contributed by atoms with van der Waals surface area (Å²) in [6.45, 7) is 1.85. The molecule has 0 saturated carbocycles. The number of hydrogen-bond donors (Lipinski definition) is 2. The predicted molar refractivity (Wildman–Crippen MR) is 66.2 cm³/mol. The summed E-state index contributed by atoms with van der Waals surface area (Å²) in [7, 11) is 0. The number of carboxylic acids is 1. The first kappa shape index (κ1) is 11.7. The minimum absolute atomic E-state index is 0.129. The fourth-order valence-electron chi connectivity index (χ4n) is 1.56. The van der Waals surface area contributed by atoms with E-state index < -0.39 is 11.6 Å². The molecule has 4 nitrogen and oxygen atoms in total. The number of nitrogens with one attached hydrogen (secondary N) is 1. The van der Waals surface area contributed by atoms with Crippen LogP contribution in [0, 0.1) is 0 Å². The highest BCUT2D eigenvalue weighted by Crippen LogP contribution is 2.26. The van der Waals surface area contributed by atoms with E-state index in [-0.39, 0.29) is 5.57 Å². The van der Waals surface area contributed by atoms with Crippen LogP contribution in [0.5, 0.6) is 0 Å². The number of aliphatic imine (C=N–C) groups is 1. The molecular weight excluding hydrogens is 240 g/mol. The molecule has 0 radical (unpaired) electrons. The molecule has 0 aromatic heterocycles. The first-order valence-corrected chi connectivity index (χ1v) is 5.41. The molecule has 0 saturated heterocycles. The van der Waals surface area contributed by atoms with Crippen molar-refractivity contribution in [2.24, 2.45) is 4.99 Å².